The van der Waals surface area contributed by atoms with E-state index in [-0.39, 0.29) is 11.5 Å². The van der Waals surface area contributed by atoms with Crippen molar-refractivity contribution < 1.29 is 9.53 Å². The lowest BCUT2D eigenvalue weighted by Gasteiger charge is -2.43. The van der Waals surface area contributed by atoms with Crippen molar-refractivity contribution in [2.45, 2.75) is 24.9 Å². The number of carbonyl (C=O) groups excluding carboxylic acids is 1. The van der Waals surface area contributed by atoms with Gasteiger partial charge in [0.2, 0.25) is 0 Å². The summed E-state index contributed by atoms with van der Waals surface area (Å²) in [7, 11) is 1.94. The summed E-state index contributed by atoms with van der Waals surface area (Å²) in [4.78, 5) is 18.8. The minimum Gasteiger partial charge on any atom is -0.368 e. The molecule has 0 atom stereocenters. The van der Waals surface area contributed by atoms with E-state index in [1.54, 1.807) is 10.7 Å². The molecule has 7 nitrogen and oxygen atoms in total. The Kier molecular flexibility index (Phi) is 3.47. The molecule has 1 N–H and O–H groups in total. The predicted molar refractivity (Wildman–Crippen MR) is 109 cm³/mol. The molecule has 0 aliphatic carbocycles. The third-order valence-electron chi connectivity index (χ3n) is 6.62. The molecule has 1 amide bonds. The summed E-state index contributed by atoms with van der Waals surface area (Å²) >= 11 is 0. The van der Waals surface area contributed by atoms with E-state index in [0.717, 1.165) is 31.5 Å². The van der Waals surface area contributed by atoms with Gasteiger partial charge in [0.1, 0.15) is 16.8 Å². The molecular weight excluding hydrogens is 366 g/mol. The van der Waals surface area contributed by atoms with Crippen molar-refractivity contribution in [3.05, 3.63) is 59.7 Å². The van der Waals surface area contributed by atoms with Gasteiger partial charge in [-0.25, -0.2) is 4.52 Å². The Balaban J connectivity index is 1.30. The minimum atomic E-state index is -0.317. The molecule has 6 rings (SSSR count). The van der Waals surface area contributed by atoms with Gasteiger partial charge in [0.05, 0.1) is 18.5 Å². The first-order valence-corrected chi connectivity index (χ1v) is 10.2. The molecule has 148 valence electrons. The maximum absolute atomic E-state index is 13.2. The number of benzene rings is 1. The topological polar surface area (TPSA) is 67.6 Å². The zero-order chi connectivity index (χ0) is 19.6. The average molecular weight is 389 g/mol. The van der Waals surface area contributed by atoms with Gasteiger partial charge >= 0.3 is 0 Å². The van der Waals surface area contributed by atoms with Gasteiger partial charge < -0.3 is 19.2 Å². The number of imidazole rings is 1. The van der Waals surface area contributed by atoms with E-state index in [1.807, 2.05) is 28.9 Å². The fourth-order valence-electron chi connectivity index (χ4n) is 5.11. The smallest absolute Gasteiger partial charge is 0.259 e. The first-order valence-electron chi connectivity index (χ1n) is 10.2. The van der Waals surface area contributed by atoms with E-state index in [1.165, 1.54) is 22.2 Å². The predicted octanol–water partition coefficient (Wildman–Crippen LogP) is 2.86. The molecule has 0 radical (unpaired) electrons. The molecule has 1 spiro atoms. The maximum atomic E-state index is 13.2. The largest absolute Gasteiger partial charge is 0.368 e. The summed E-state index contributed by atoms with van der Waals surface area (Å²) in [6, 6.07) is 8.48. The zero-order valence-corrected chi connectivity index (χ0v) is 16.4. The van der Waals surface area contributed by atoms with Gasteiger partial charge in [-0.05, 0) is 30.9 Å². The minimum absolute atomic E-state index is 0.0457. The van der Waals surface area contributed by atoms with Crippen molar-refractivity contribution in [3.8, 4) is 0 Å². The first kappa shape index (κ1) is 16.9. The Bertz CT molecular complexity index is 1240. The normalized spacial score (nSPS) is 18.6. The Labute approximate surface area is 167 Å². The van der Waals surface area contributed by atoms with Crippen LogP contribution in [0.4, 0.5) is 0 Å². The van der Waals surface area contributed by atoms with Crippen LogP contribution in [0.3, 0.4) is 0 Å². The Morgan fingerprint density at radius 1 is 1.21 bits per heavy atom. The summed E-state index contributed by atoms with van der Waals surface area (Å²) in [5.74, 6) is 0.0457. The number of aromatic amines is 1. The van der Waals surface area contributed by atoms with Crippen LogP contribution < -0.4 is 0 Å². The number of hydrogen-bond donors (Lipinski definition) is 1. The lowest BCUT2D eigenvalue weighted by molar-refractivity contribution is -0.0957. The number of para-hydroxylation sites is 1. The second kappa shape index (κ2) is 5.97. The van der Waals surface area contributed by atoms with E-state index in [9.17, 15) is 4.79 Å². The number of ether oxygens (including phenoxy) is 1. The number of likely N-dealkylation sites (tertiary alicyclic amines) is 1. The number of aromatic nitrogens is 4. The Morgan fingerprint density at radius 2 is 2.03 bits per heavy atom. The number of nitrogens with zero attached hydrogens (tertiary/aromatic N) is 4. The monoisotopic (exact) mass is 389 g/mol. The maximum Gasteiger partial charge on any atom is 0.259 e. The van der Waals surface area contributed by atoms with Crippen LogP contribution >= 0.6 is 0 Å². The van der Waals surface area contributed by atoms with E-state index < -0.39 is 0 Å². The molecule has 3 aromatic heterocycles. The number of piperidine rings is 1. The first-order chi connectivity index (χ1) is 14.2. The van der Waals surface area contributed by atoms with E-state index in [2.05, 4.69) is 34.3 Å². The number of amides is 1. The fourth-order valence-corrected chi connectivity index (χ4v) is 5.11. The molecular formula is C22H23N5O2. The zero-order valence-electron chi connectivity index (χ0n) is 16.4. The highest BCUT2D eigenvalue weighted by Gasteiger charge is 2.43. The molecule has 7 heteroatoms. The summed E-state index contributed by atoms with van der Waals surface area (Å²) in [5, 5.41) is 5.61. The molecule has 0 unspecified atom stereocenters. The van der Waals surface area contributed by atoms with Crippen molar-refractivity contribution in [1.82, 2.24) is 24.1 Å². The summed E-state index contributed by atoms with van der Waals surface area (Å²) in [5.41, 5.74) is 4.95. The van der Waals surface area contributed by atoms with Crippen molar-refractivity contribution in [2.24, 2.45) is 7.05 Å². The van der Waals surface area contributed by atoms with Crippen LogP contribution in [0.2, 0.25) is 0 Å². The highest BCUT2D eigenvalue weighted by molar-refractivity contribution is 6.00. The number of hydrogen-bond acceptors (Lipinski definition) is 3. The SMILES string of the molecule is Cn1ccn2ncc(C(=O)N3CCC4(CC3)OCCc3c4[nH]c4ccccc34)c12. The average Bonchev–Trinajstić information content (AvgIpc) is 3.44. The van der Waals surface area contributed by atoms with Crippen LogP contribution in [0.1, 0.15) is 34.5 Å². The van der Waals surface area contributed by atoms with Gasteiger partial charge in [0.15, 0.2) is 0 Å². The molecule has 1 saturated heterocycles. The number of fused-ring (bicyclic) bond motifs is 5. The van der Waals surface area contributed by atoms with Crippen LogP contribution in [0, 0.1) is 0 Å². The van der Waals surface area contributed by atoms with Crippen LogP contribution in [-0.4, -0.2) is 49.7 Å². The van der Waals surface area contributed by atoms with Crippen LogP contribution in [0.15, 0.2) is 42.9 Å². The standard InChI is InChI=1S/C22H23N5O2/c1-25-11-12-27-20(25)17(14-23-27)21(28)26-9-7-22(8-10-26)19-16(6-13-29-22)15-4-2-3-5-18(15)24-19/h2-5,11-12,14,24H,6-10,13H2,1H3. The Morgan fingerprint density at radius 3 is 2.90 bits per heavy atom. The summed E-state index contributed by atoms with van der Waals surface area (Å²) in [6.07, 6.45) is 8.00. The second-order valence-corrected chi connectivity index (χ2v) is 8.14. The van der Waals surface area contributed by atoms with Gasteiger partial charge in [-0.1, -0.05) is 18.2 Å². The molecule has 5 heterocycles. The van der Waals surface area contributed by atoms with Gasteiger partial charge in [0.25, 0.3) is 5.91 Å². The molecule has 2 aliphatic heterocycles. The molecule has 29 heavy (non-hydrogen) atoms. The van der Waals surface area contributed by atoms with Crippen LogP contribution in [0.5, 0.6) is 0 Å². The third-order valence-corrected chi connectivity index (χ3v) is 6.62. The lowest BCUT2D eigenvalue weighted by Crippen LogP contribution is -2.48. The lowest BCUT2D eigenvalue weighted by atomic mass is 9.83. The van der Waals surface area contributed by atoms with Crippen molar-refractivity contribution in [2.75, 3.05) is 19.7 Å². The molecule has 2 aliphatic rings. The summed E-state index contributed by atoms with van der Waals surface area (Å²) in [6.45, 7) is 2.08. The van der Waals surface area contributed by atoms with Gasteiger partial charge in [0, 0.05) is 43.4 Å². The highest BCUT2D eigenvalue weighted by atomic mass is 16.5. The highest BCUT2D eigenvalue weighted by Crippen LogP contribution is 2.43. The quantitative estimate of drug-likeness (QED) is 0.544. The molecule has 1 fully saturated rings. The van der Waals surface area contributed by atoms with E-state index in [4.69, 9.17) is 4.74 Å². The van der Waals surface area contributed by atoms with Crippen LogP contribution in [0.25, 0.3) is 16.6 Å². The van der Waals surface area contributed by atoms with Crippen molar-refractivity contribution in [3.63, 3.8) is 0 Å². The van der Waals surface area contributed by atoms with Crippen molar-refractivity contribution >= 4 is 22.5 Å². The van der Waals surface area contributed by atoms with E-state index >= 15 is 0 Å². The molecule has 0 saturated carbocycles. The number of aryl methyl sites for hydroxylation is 1. The molecule has 0 bridgehead atoms. The van der Waals surface area contributed by atoms with Gasteiger partial charge in [-0.3, -0.25) is 4.79 Å². The Hall–Kier alpha value is -3.06. The van der Waals surface area contributed by atoms with Crippen molar-refractivity contribution in [1.29, 1.82) is 0 Å². The van der Waals surface area contributed by atoms with Crippen LogP contribution in [-0.2, 0) is 23.8 Å². The van der Waals surface area contributed by atoms with E-state index in [0.29, 0.717) is 18.7 Å². The number of carbonyl (C=O) groups is 1. The molecule has 1 aromatic carbocycles. The summed E-state index contributed by atoms with van der Waals surface area (Å²) < 4.78 is 10.1. The molecule has 4 aromatic rings. The number of nitrogens with one attached hydrogen (secondary N) is 1. The second-order valence-electron chi connectivity index (χ2n) is 8.14. The fraction of sp³-hybridized carbons (Fsp3) is 0.364. The van der Waals surface area contributed by atoms with Gasteiger partial charge in [-0.15, -0.1) is 0 Å². The third kappa shape index (κ3) is 2.34. The number of rotatable bonds is 1. The number of H-pyrrole nitrogens is 1. The van der Waals surface area contributed by atoms with Gasteiger partial charge in [-0.2, -0.15) is 5.10 Å².